The van der Waals surface area contributed by atoms with Crippen LogP contribution in [0.2, 0.25) is 0 Å². The second-order valence-electron chi connectivity index (χ2n) is 7.48. The second kappa shape index (κ2) is 9.78. The van der Waals surface area contributed by atoms with E-state index in [0.717, 1.165) is 11.1 Å². The van der Waals surface area contributed by atoms with Gasteiger partial charge in [-0.05, 0) is 36.6 Å². The summed E-state index contributed by atoms with van der Waals surface area (Å²) in [6.45, 7) is 4.31. The summed E-state index contributed by atoms with van der Waals surface area (Å²) in [5.74, 6) is 1.15. The quantitative estimate of drug-likeness (QED) is 0.653. The number of nitrogens with zero attached hydrogens (tertiary/aromatic N) is 1. The van der Waals surface area contributed by atoms with Crippen LogP contribution in [0.5, 0.6) is 11.5 Å². The summed E-state index contributed by atoms with van der Waals surface area (Å²) >= 11 is 0. The predicted molar refractivity (Wildman–Crippen MR) is 116 cm³/mol. The monoisotopic (exact) mass is 434 g/mol. The van der Waals surface area contributed by atoms with Crippen molar-refractivity contribution in [3.63, 3.8) is 0 Å². The van der Waals surface area contributed by atoms with Crippen LogP contribution in [0.25, 0.3) is 0 Å². The molecule has 0 saturated carbocycles. The van der Waals surface area contributed by atoms with Gasteiger partial charge in [0, 0.05) is 13.1 Å². The molecule has 0 spiro atoms. The van der Waals surface area contributed by atoms with E-state index in [-0.39, 0.29) is 12.6 Å². The number of hydroxylamine groups is 2. The Hall–Kier alpha value is -2.13. The lowest BCUT2D eigenvalue weighted by Crippen LogP contribution is -2.42. The van der Waals surface area contributed by atoms with Gasteiger partial charge in [0.1, 0.15) is 11.9 Å². The molecular formula is C22H30N2O5S. The highest BCUT2D eigenvalue weighted by molar-refractivity contribution is 7.90. The number of sulfonamides is 1. The molecular weight excluding hydrogens is 404 g/mol. The Morgan fingerprint density at radius 1 is 1.20 bits per heavy atom. The van der Waals surface area contributed by atoms with Crippen molar-refractivity contribution < 1.29 is 22.7 Å². The van der Waals surface area contributed by atoms with E-state index in [0.29, 0.717) is 24.5 Å². The van der Waals surface area contributed by atoms with E-state index in [4.69, 9.17) is 14.3 Å². The number of ether oxygens (including phenoxy) is 2. The van der Waals surface area contributed by atoms with E-state index in [1.807, 2.05) is 62.4 Å². The van der Waals surface area contributed by atoms with Crippen LogP contribution in [-0.2, 0) is 21.5 Å². The summed E-state index contributed by atoms with van der Waals surface area (Å²) in [4.78, 5) is 5.59. The van der Waals surface area contributed by atoms with Gasteiger partial charge in [-0.3, -0.25) is 4.84 Å². The highest BCUT2D eigenvalue weighted by Gasteiger charge is 2.43. The Morgan fingerprint density at radius 2 is 1.93 bits per heavy atom. The molecule has 7 nitrogen and oxygen atoms in total. The summed E-state index contributed by atoms with van der Waals surface area (Å²) in [5.41, 5.74) is 1.84. The molecule has 164 valence electrons. The zero-order valence-corrected chi connectivity index (χ0v) is 18.7. The van der Waals surface area contributed by atoms with Crippen LogP contribution in [0.3, 0.4) is 0 Å². The third kappa shape index (κ3) is 5.13. The highest BCUT2D eigenvalue weighted by Crippen LogP contribution is 2.38. The first-order valence-corrected chi connectivity index (χ1v) is 11.6. The van der Waals surface area contributed by atoms with Crippen molar-refractivity contribution in [2.45, 2.75) is 44.2 Å². The Balaban J connectivity index is 1.82. The topological polar surface area (TPSA) is 77.1 Å². The van der Waals surface area contributed by atoms with Crippen molar-refractivity contribution in [1.29, 1.82) is 0 Å². The van der Waals surface area contributed by atoms with E-state index in [1.54, 1.807) is 19.2 Å². The summed E-state index contributed by atoms with van der Waals surface area (Å²) in [6, 6.07) is 14.8. The van der Waals surface area contributed by atoms with Gasteiger partial charge in [0.25, 0.3) is 0 Å². The molecule has 1 heterocycles. The highest BCUT2D eigenvalue weighted by atomic mass is 32.2. The molecule has 0 radical (unpaired) electrons. The maximum atomic E-state index is 12.9. The minimum atomic E-state index is -3.57. The van der Waals surface area contributed by atoms with Gasteiger partial charge >= 0.3 is 0 Å². The van der Waals surface area contributed by atoms with E-state index < -0.39 is 21.3 Å². The number of nitrogens with one attached hydrogen (secondary N) is 1. The molecule has 2 aromatic carbocycles. The van der Waals surface area contributed by atoms with Crippen LogP contribution in [-0.4, -0.2) is 45.5 Å². The molecule has 1 fully saturated rings. The molecule has 0 bridgehead atoms. The van der Waals surface area contributed by atoms with E-state index in [9.17, 15) is 8.42 Å². The van der Waals surface area contributed by atoms with Gasteiger partial charge in [-0.25, -0.2) is 13.1 Å². The zero-order valence-electron chi connectivity index (χ0n) is 17.9. The maximum Gasteiger partial charge on any atom is 0.219 e. The normalized spacial score (nSPS) is 20.8. The van der Waals surface area contributed by atoms with Crippen LogP contribution < -0.4 is 14.2 Å². The second-order valence-corrected chi connectivity index (χ2v) is 9.41. The lowest BCUT2D eigenvalue weighted by Gasteiger charge is -2.25. The summed E-state index contributed by atoms with van der Waals surface area (Å²) in [5, 5.41) is 0.872. The lowest BCUT2D eigenvalue weighted by molar-refractivity contribution is -0.110. The average molecular weight is 435 g/mol. The van der Waals surface area contributed by atoms with Gasteiger partial charge < -0.3 is 9.47 Å². The molecule has 30 heavy (non-hydrogen) atoms. The molecule has 3 atom stereocenters. The molecule has 0 amide bonds. The minimum Gasteiger partial charge on any atom is -0.493 e. The van der Waals surface area contributed by atoms with Crippen molar-refractivity contribution in [2.75, 3.05) is 20.8 Å². The summed E-state index contributed by atoms with van der Waals surface area (Å²) in [6.07, 6.45) is 0.717. The van der Waals surface area contributed by atoms with E-state index in [1.165, 1.54) is 0 Å². The number of rotatable bonds is 9. The van der Waals surface area contributed by atoms with Crippen LogP contribution in [0.4, 0.5) is 0 Å². The van der Waals surface area contributed by atoms with Crippen molar-refractivity contribution in [2.24, 2.45) is 0 Å². The largest absolute Gasteiger partial charge is 0.493 e. The SMILES string of the molecule is CC[C@H](C)NS(=O)(=O)[C@H]1CON(C)[C@H]1c1ccc(OCc2ccccc2)c(OC)c1. The minimum absolute atomic E-state index is 0.0987. The fourth-order valence-corrected chi connectivity index (χ4v) is 5.26. The van der Waals surface area contributed by atoms with Gasteiger partial charge in [0.2, 0.25) is 10.0 Å². The van der Waals surface area contributed by atoms with Gasteiger partial charge in [-0.2, -0.15) is 5.06 Å². The summed E-state index contributed by atoms with van der Waals surface area (Å²) in [7, 11) is -0.249. The molecule has 1 N–H and O–H groups in total. The van der Waals surface area contributed by atoms with Crippen molar-refractivity contribution >= 4 is 10.0 Å². The third-order valence-electron chi connectivity index (χ3n) is 5.33. The van der Waals surface area contributed by atoms with Gasteiger partial charge in [-0.15, -0.1) is 0 Å². The predicted octanol–water partition coefficient (Wildman–Crippen LogP) is 3.28. The smallest absolute Gasteiger partial charge is 0.219 e. The fraction of sp³-hybridized carbons (Fsp3) is 0.455. The summed E-state index contributed by atoms with van der Waals surface area (Å²) < 4.78 is 40.1. The molecule has 8 heteroatoms. The number of hydrogen-bond donors (Lipinski definition) is 1. The van der Waals surface area contributed by atoms with Gasteiger partial charge in [-0.1, -0.05) is 43.3 Å². The zero-order chi connectivity index (χ0) is 21.7. The Labute approximate surface area is 178 Å². The molecule has 1 aliphatic rings. The van der Waals surface area contributed by atoms with Gasteiger partial charge in [0.15, 0.2) is 11.5 Å². The first-order valence-electron chi connectivity index (χ1n) is 10.1. The average Bonchev–Trinajstić information content (AvgIpc) is 3.15. The fourth-order valence-electron chi connectivity index (χ4n) is 3.45. The molecule has 0 aromatic heterocycles. The van der Waals surface area contributed by atoms with E-state index >= 15 is 0 Å². The number of benzene rings is 2. The molecule has 1 saturated heterocycles. The molecule has 1 aliphatic heterocycles. The van der Waals surface area contributed by atoms with Crippen LogP contribution in [0.15, 0.2) is 48.5 Å². The maximum absolute atomic E-state index is 12.9. The van der Waals surface area contributed by atoms with Crippen molar-refractivity contribution in [3.8, 4) is 11.5 Å². The standard InChI is InChI=1S/C22H30N2O5S/c1-5-16(2)23-30(25,26)21-15-29-24(3)22(21)18-11-12-19(20(13-18)27-4)28-14-17-9-7-6-8-10-17/h6-13,16,21-23H,5,14-15H2,1-4H3/t16-,21-,22-/m0/s1. The number of methoxy groups -OCH3 is 1. The number of hydrogen-bond acceptors (Lipinski definition) is 6. The molecule has 0 unspecified atom stereocenters. The molecule has 3 rings (SSSR count). The first kappa shape index (κ1) is 22.6. The van der Waals surface area contributed by atoms with Gasteiger partial charge in [0.05, 0.1) is 19.8 Å². The van der Waals surface area contributed by atoms with Crippen molar-refractivity contribution in [3.05, 3.63) is 59.7 Å². The van der Waals surface area contributed by atoms with Crippen LogP contribution in [0, 0.1) is 0 Å². The Bertz CT molecular complexity index is 936. The van der Waals surface area contributed by atoms with Crippen molar-refractivity contribution in [1.82, 2.24) is 9.79 Å². The van der Waals surface area contributed by atoms with Crippen LogP contribution in [0.1, 0.15) is 37.4 Å². The third-order valence-corrected chi connectivity index (χ3v) is 7.25. The molecule has 0 aliphatic carbocycles. The van der Waals surface area contributed by atoms with E-state index in [2.05, 4.69) is 4.72 Å². The molecule has 2 aromatic rings. The Kier molecular flexibility index (Phi) is 7.36. The first-order chi connectivity index (χ1) is 14.4. The lowest BCUT2D eigenvalue weighted by atomic mass is 10.0. The Morgan fingerprint density at radius 3 is 2.60 bits per heavy atom. The van der Waals surface area contributed by atoms with Crippen LogP contribution >= 0.6 is 0 Å².